The number of hydrogen-bond donors (Lipinski definition) is 1. The van der Waals surface area contributed by atoms with Gasteiger partial charge in [0.15, 0.2) is 3.79 Å². The lowest BCUT2D eigenvalue weighted by Crippen LogP contribution is -2.20. The number of hydrogen-bond acceptors (Lipinski definition) is 1. The summed E-state index contributed by atoms with van der Waals surface area (Å²) in [5, 5.41) is 0. The molecule has 17 heavy (non-hydrogen) atoms. The third kappa shape index (κ3) is 10.4. The predicted molar refractivity (Wildman–Crippen MR) is 80.1 cm³/mol. The zero-order valence-corrected chi connectivity index (χ0v) is 13.1. The lowest BCUT2D eigenvalue weighted by Gasteiger charge is -2.24. The average molecular weight is 303 g/mol. The minimum Gasteiger partial charge on any atom is -0.330 e. The van der Waals surface area contributed by atoms with Crippen LogP contribution < -0.4 is 5.73 Å². The minimum atomic E-state index is -1.13. The molecule has 0 aromatic heterocycles. The first kappa shape index (κ1) is 17.8. The summed E-state index contributed by atoms with van der Waals surface area (Å²) in [5.41, 5.74) is 5.50. The molecule has 0 aliphatic heterocycles. The normalized spacial score (nSPS) is 13.9. The summed E-state index contributed by atoms with van der Waals surface area (Å²) in [6.07, 6.45) is 10.5. The second-order valence-electron chi connectivity index (χ2n) is 4.73. The molecule has 0 spiro atoms. The maximum Gasteiger partial charge on any atom is 0.193 e. The Morgan fingerprint density at radius 2 is 1.41 bits per heavy atom. The highest BCUT2D eigenvalue weighted by atomic mass is 35.6. The molecule has 4 heteroatoms. The lowest BCUT2D eigenvalue weighted by molar-refractivity contribution is 0.420. The van der Waals surface area contributed by atoms with Gasteiger partial charge in [-0.15, -0.1) is 0 Å². The Morgan fingerprint density at radius 3 is 1.94 bits per heavy atom. The van der Waals surface area contributed by atoms with E-state index in [1.807, 2.05) is 0 Å². The molecule has 0 bridgehead atoms. The fourth-order valence-electron chi connectivity index (χ4n) is 2.01. The van der Waals surface area contributed by atoms with E-state index in [1.165, 1.54) is 32.1 Å². The largest absolute Gasteiger partial charge is 0.330 e. The van der Waals surface area contributed by atoms with Crippen molar-refractivity contribution >= 4 is 34.8 Å². The van der Waals surface area contributed by atoms with Crippen molar-refractivity contribution in [1.82, 2.24) is 0 Å². The summed E-state index contributed by atoms with van der Waals surface area (Å²) < 4.78 is -1.13. The molecule has 0 aliphatic carbocycles. The Balaban J connectivity index is 3.69. The third-order valence-corrected chi connectivity index (χ3v) is 4.05. The molecule has 0 radical (unpaired) electrons. The van der Waals surface area contributed by atoms with Crippen LogP contribution in [0.4, 0.5) is 0 Å². The summed E-state index contributed by atoms with van der Waals surface area (Å²) >= 11 is 18.0. The SMILES string of the molecule is CCCCCCCCC(CCCN)C(Cl)(Cl)Cl. The van der Waals surface area contributed by atoms with Gasteiger partial charge in [0.05, 0.1) is 0 Å². The van der Waals surface area contributed by atoms with E-state index in [-0.39, 0.29) is 5.92 Å². The molecule has 0 amide bonds. The van der Waals surface area contributed by atoms with Crippen LogP contribution in [0.25, 0.3) is 0 Å². The van der Waals surface area contributed by atoms with Crippen LogP contribution in [0.1, 0.15) is 64.7 Å². The maximum absolute atomic E-state index is 5.99. The van der Waals surface area contributed by atoms with Crippen LogP contribution in [0.3, 0.4) is 0 Å². The summed E-state index contributed by atoms with van der Waals surface area (Å²) in [7, 11) is 0. The van der Waals surface area contributed by atoms with Crippen LogP contribution in [-0.2, 0) is 0 Å². The molecule has 0 rings (SSSR count). The second-order valence-corrected chi connectivity index (χ2v) is 7.09. The Hall–Kier alpha value is 0.830. The molecule has 0 saturated heterocycles. The van der Waals surface area contributed by atoms with E-state index in [0.717, 1.165) is 25.7 Å². The molecule has 104 valence electrons. The topological polar surface area (TPSA) is 26.0 Å². The van der Waals surface area contributed by atoms with Gasteiger partial charge in [0.25, 0.3) is 0 Å². The Kier molecular flexibility index (Phi) is 11.2. The first-order valence-corrected chi connectivity index (χ1v) is 7.92. The van der Waals surface area contributed by atoms with Crippen molar-refractivity contribution in [2.75, 3.05) is 6.54 Å². The summed E-state index contributed by atoms with van der Waals surface area (Å²) in [5.74, 6) is 0.155. The van der Waals surface area contributed by atoms with Gasteiger partial charge in [0.1, 0.15) is 0 Å². The van der Waals surface area contributed by atoms with Gasteiger partial charge in [-0.2, -0.15) is 0 Å². The molecule has 2 N–H and O–H groups in total. The van der Waals surface area contributed by atoms with Gasteiger partial charge in [-0.05, 0) is 25.8 Å². The highest BCUT2D eigenvalue weighted by molar-refractivity contribution is 6.67. The van der Waals surface area contributed by atoms with E-state index in [2.05, 4.69) is 6.92 Å². The standard InChI is InChI=1S/C13H26Cl3N/c1-2-3-4-5-6-7-9-12(10-8-11-17)13(14,15)16/h12H,2-11,17H2,1H3. The van der Waals surface area contributed by atoms with Crippen LogP contribution in [0.2, 0.25) is 0 Å². The van der Waals surface area contributed by atoms with Gasteiger partial charge in [0.2, 0.25) is 0 Å². The van der Waals surface area contributed by atoms with Gasteiger partial charge in [-0.25, -0.2) is 0 Å². The summed E-state index contributed by atoms with van der Waals surface area (Å²) in [6, 6.07) is 0. The number of halogens is 3. The molecule has 0 heterocycles. The molecule has 1 unspecified atom stereocenters. The molecule has 0 fully saturated rings. The van der Waals surface area contributed by atoms with Crippen molar-refractivity contribution in [3.63, 3.8) is 0 Å². The van der Waals surface area contributed by atoms with Crippen molar-refractivity contribution in [3.05, 3.63) is 0 Å². The van der Waals surface area contributed by atoms with Crippen molar-refractivity contribution in [3.8, 4) is 0 Å². The molecule has 0 aliphatic rings. The maximum atomic E-state index is 5.99. The zero-order valence-electron chi connectivity index (χ0n) is 10.9. The summed E-state index contributed by atoms with van der Waals surface area (Å²) in [4.78, 5) is 0. The van der Waals surface area contributed by atoms with Gasteiger partial charge in [-0.3, -0.25) is 0 Å². The smallest absolute Gasteiger partial charge is 0.193 e. The second kappa shape index (κ2) is 10.7. The van der Waals surface area contributed by atoms with E-state index < -0.39 is 3.79 Å². The molecular formula is C13H26Cl3N. The molecule has 0 aromatic rings. The van der Waals surface area contributed by atoms with E-state index in [0.29, 0.717) is 6.54 Å². The van der Waals surface area contributed by atoms with Gasteiger partial charge in [0, 0.05) is 5.92 Å². The lowest BCUT2D eigenvalue weighted by atomic mass is 9.97. The molecule has 0 saturated carbocycles. The van der Waals surface area contributed by atoms with Crippen molar-refractivity contribution in [1.29, 1.82) is 0 Å². The van der Waals surface area contributed by atoms with Crippen LogP contribution in [0.15, 0.2) is 0 Å². The summed E-state index contributed by atoms with van der Waals surface area (Å²) in [6.45, 7) is 2.90. The van der Waals surface area contributed by atoms with Crippen molar-refractivity contribution in [2.45, 2.75) is 68.5 Å². The molecule has 1 atom stereocenters. The number of alkyl halides is 3. The Morgan fingerprint density at radius 1 is 0.882 bits per heavy atom. The number of rotatable bonds is 10. The van der Waals surface area contributed by atoms with Gasteiger partial charge >= 0.3 is 0 Å². The highest BCUT2D eigenvalue weighted by Crippen LogP contribution is 2.40. The van der Waals surface area contributed by atoms with Crippen LogP contribution in [0, 0.1) is 5.92 Å². The van der Waals surface area contributed by atoms with E-state index in [4.69, 9.17) is 40.5 Å². The van der Waals surface area contributed by atoms with Gasteiger partial charge < -0.3 is 5.73 Å². The third-order valence-electron chi connectivity index (χ3n) is 3.13. The van der Waals surface area contributed by atoms with Crippen molar-refractivity contribution in [2.24, 2.45) is 11.7 Å². The highest BCUT2D eigenvalue weighted by Gasteiger charge is 2.31. The predicted octanol–water partition coefficient (Wildman–Crippen LogP) is 5.46. The zero-order chi connectivity index (χ0) is 13.1. The van der Waals surface area contributed by atoms with Gasteiger partial charge in [-0.1, -0.05) is 80.3 Å². The molecule has 1 nitrogen and oxygen atoms in total. The first-order valence-electron chi connectivity index (χ1n) is 6.79. The van der Waals surface area contributed by atoms with Crippen LogP contribution in [0.5, 0.6) is 0 Å². The fourth-order valence-corrected chi connectivity index (χ4v) is 2.66. The average Bonchev–Trinajstić information content (AvgIpc) is 2.25. The molecular weight excluding hydrogens is 277 g/mol. The minimum absolute atomic E-state index is 0.155. The quantitative estimate of drug-likeness (QED) is 0.421. The van der Waals surface area contributed by atoms with Crippen LogP contribution >= 0.6 is 34.8 Å². The Labute approximate surface area is 121 Å². The number of unbranched alkanes of at least 4 members (excludes halogenated alkanes) is 5. The van der Waals surface area contributed by atoms with E-state index in [9.17, 15) is 0 Å². The number of nitrogens with two attached hydrogens (primary N) is 1. The van der Waals surface area contributed by atoms with E-state index in [1.54, 1.807) is 0 Å². The first-order chi connectivity index (χ1) is 8.02. The van der Waals surface area contributed by atoms with E-state index >= 15 is 0 Å². The van der Waals surface area contributed by atoms with Crippen LogP contribution in [-0.4, -0.2) is 10.3 Å². The fraction of sp³-hybridized carbons (Fsp3) is 1.00. The Bertz CT molecular complexity index is 169. The van der Waals surface area contributed by atoms with Crippen molar-refractivity contribution < 1.29 is 0 Å². The molecule has 0 aromatic carbocycles. The monoisotopic (exact) mass is 301 g/mol.